The van der Waals surface area contributed by atoms with Crippen LogP contribution < -0.4 is 10.5 Å². The van der Waals surface area contributed by atoms with E-state index in [0.29, 0.717) is 13.0 Å². The van der Waals surface area contributed by atoms with Crippen molar-refractivity contribution in [3.8, 4) is 5.75 Å². The van der Waals surface area contributed by atoms with Gasteiger partial charge in [-0.25, -0.2) is 0 Å². The van der Waals surface area contributed by atoms with Gasteiger partial charge in [0.2, 0.25) is 5.91 Å². The second-order valence-corrected chi connectivity index (χ2v) is 6.34. The molecule has 5 heteroatoms. The molecule has 1 saturated carbocycles. The number of likely N-dealkylation sites (tertiary alicyclic amines) is 1. The van der Waals surface area contributed by atoms with Crippen molar-refractivity contribution in [2.75, 3.05) is 20.3 Å². The monoisotopic (exact) mass is 304 g/mol. The topological polar surface area (TPSA) is 64.8 Å². The van der Waals surface area contributed by atoms with E-state index in [9.17, 15) is 4.79 Å². The SMILES string of the molecule is CO[C@H]1C[C@@H](C(N)=O)N(Cc2ccc(OCC3CC3)cc2)C1. The average molecular weight is 304 g/mol. The van der Waals surface area contributed by atoms with Gasteiger partial charge in [0.25, 0.3) is 0 Å². The summed E-state index contributed by atoms with van der Waals surface area (Å²) in [5.41, 5.74) is 6.65. The van der Waals surface area contributed by atoms with Gasteiger partial charge >= 0.3 is 0 Å². The van der Waals surface area contributed by atoms with Crippen molar-refractivity contribution in [2.24, 2.45) is 11.7 Å². The maximum Gasteiger partial charge on any atom is 0.234 e. The predicted octanol–water partition coefficient (Wildman–Crippen LogP) is 1.55. The van der Waals surface area contributed by atoms with E-state index in [1.807, 2.05) is 12.1 Å². The van der Waals surface area contributed by atoms with Gasteiger partial charge in [-0.1, -0.05) is 12.1 Å². The first-order chi connectivity index (χ1) is 10.7. The van der Waals surface area contributed by atoms with Crippen molar-refractivity contribution in [2.45, 2.75) is 38.0 Å². The smallest absolute Gasteiger partial charge is 0.234 e. The summed E-state index contributed by atoms with van der Waals surface area (Å²) >= 11 is 0. The summed E-state index contributed by atoms with van der Waals surface area (Å²) in [5.74, 6) is 1.40. The third kappa shape index (κ3) is 3.78. The fourth-order valence-electron chi connectivity index (χ4n) is 2.93. The molecular formula is C17H24N2O3. The van der Waals surface area contributed by atoms with E-state index in [0.717, 1.165) is 30.4 Å². The molecule has 0 spiro atoms. The zero-order valence-corrected chi connectivity index (χ0v) is 13.0. The van der Waals surface area contributed by atoms with Crippen molar-refractivity contribution in [1.82, 2.24) is 4.90 Å². The third-order valence-electron chi connectivity index (χ3n) is 4.52. The van der Waals surface area contributed by atoms with E-state index in [2.05, 4.69) is 17.0 Å². The Kier molecular flexibility index (Phi) is 4.64. The van der Waals surface area contributed by atoms with Gasteiger partial charge in [-0.3, -0.25) is 9.69 Å². The van der Waals surface area contributed by atoms with Crippen molar-refractivity contribution >= 4 is 5.91 Å². The highest BCUT2D eigenvalue weighted by molar-refractivity contribution is 5.80. The number of carbonyl (C=O) groups excluding carboxylic acids is 1. The van der Waals surface area contributed by atoms with Crippen LogP contribution in [0.4, 0.5) is 0 Å². The zero-order valence-electron chi connectivity index (χ0n) is 13.0. The van der Waals surface area contributed by atoms with Crippen LogP contribution in [-0.2, 0) is 16.1 Å². The lowest BCUT2D eigenvalue weighted by Crippen LogP contribution is -2.39. The maximum atomic E-state index is 11.6. The highest BCUT2D eigenvalue weighted by atomic mass is 16.5. The summed E-state index contributed by atoms with van der Waals surface area (Å²) < 4.78 is 11.1. The number of nitrogens with zero attached hydrogens (tertiary/aromatic N) is 1. The standard InChI is InChI=1S/C17H24N2O3/c1-21-15-8-16(17(18)20)19(10-15)9-12-4-6-14(7-5-12)22-11-13-2-3-13/h4-7,13,15-16H,2-3,8-11H2,1H3,(H2,18,20)/t15-,16-/m0/s1. The first kappa shape index (κ1) is 15.3. The van der Waals surface area contributed by atoms with Gasteiger partial charge in [-0.15, -0.1) is 0 Å². The number of rotatable bonds is 7. The molecule has 2 atom stereocenters. The number of hydrogen-bond donors (Lipinski definition) is 1. The molecule has 1 aromatic carbocycles. The lowest BCUT2D eigenvalue weighted by atomic mass is 10.1. The molecular weight excluding hydrogens is 280 g/mol. The average Bonchev–Trinajstić information content (AvgIpc) is 3.25. The zero-order chi connectivity index (χ0) is 15.5. The van der Waals surface area contributed by atoms with E-state index in [1.54, 1.807) is 7.11 Å². The lowest BCUT2D eigenvalue weighted by molar-refractivity contribution is -0.122. The molecule has 0 bridgehead atoms. The summed E-state index contributed by atoms with van der Waals surface area (Å²) in [6.45, 7) is 2.27. The molecule has 2 aliphatic rings. The van der Waals surface area contributed by atoms with Crippen LogP contribution in [0.5, 0.6) is 5.75 Å². The second kappa shape index (κ2) is 6.67. The fourth-order valence-corrected chi connectivity index (χ4v) is 2.93. The summed E-state index contributed by atoms with van der Waals surface area (Å²) in [4.78, 5) is 13.7. The molecule has 1 heterocycles. The first-order valence-electron chi connectivity index (χ1n) is 7.93. The van der Waals surface area contributed by atoms with Crippen molar-refractivity contribution < 1.29 is 14.3 Å². The molecule has 0 aromatic heterocycles. The number of carbonyl (C=O) groups is 1. The van der Waals surface area contributed by atoms with Crippen molar-refractivity contribution in [3.05, 3.63) is 29.8 Å². The summed E-state index contributed by atoms with van der Waals surface area (Å²) in [5, 5.41) is 0. The largest absolute Gasteiger partial charge is 0.493 e. The first-order valence-corrected chi connectivity index (χ1v) is 7.93. The number of primary amides is 1. The van der Waals surface area contributed by atoms with E-state index >= 15 is 0 Å². The van der Waals surface area contributed by atoms with Gasteiger partial charge in [-0.2, -0.15) is 0 Å². The van der Waals surface area contributed by atoms with Gasteiger partial charge in [0, 0.05) is 20.2 Å². The Morgan fingerprint density at radius 3 is 2.64 bits per heavy atom. The molecule has 1 amide bonds. The van der Waals surface area contributed by atoms with Crippen molar-refractivity contribution in [1.29, 1.82) is 0 Å². The van der Waals surface area contributed by atoms with Crippen LogP contribution in [0.1, 0.15) is 24.8 Å². The molecule has 1 aliphatic heterocycles. The number of hydrogen-bond acceptors (Lipinski definition) is 4. The predicted molar refractivity (Wildman–Crippen MR) is 83.5 cm³/mol. The number of nitrogens with two attached hydrogens (primary N) is 1. The molecule has 2 fully saturated rings. The Labute approximate surface area is 131 Å². The molecule has 1 aliphatic carbocycles. The van der Waals surface area contributed by atoms with Gasteiger partial charge in [0.15, 0.2) is 0 Å². The second-order valence-electron chi connectivity index (χ2n) is 6.34. The highest BCUT2D eigenvalue weighted by Gasteiger charge is 2.35. The quantitative estimate of drug-likeness (QED) is 0.830. The molecule has 0 unspecified atom stereocenters. The minimum Gasteiger partial charge on any atom is -0.493 e. The molecule has 3 rings (SSSR count). The Morgan fingerprint density at radius 2 is 2.05 bits per heavy atom. The molecule has 1 saturated heterocycles. The Morgan fingerprint density at radius 1 is 1.32 bits per heavy atom. The van der Waals surface area contributed by atoms with Crippen molar-refractivity contribution in [3.63, 3.8) is 0 Å². The van der Waals surface area contributed by atoms with E-state index in [4.69, 9.17) is 15.2 Å². The molecule has 5 nitrogen and oxygen atoms in total. The number of ether oxygens (including phenoxy) is 2. The van der Waals surface area contributed by atoms with Crippen LogP contribution in [0.15, 0.2) is 24.3 Å². The van der Waals surface area contributed by atoms with Gasteiger partial charge < -0.3 is 15.2 Å². The fraction of sp³-hybridized carbons (Fsp3) is 0.588. The minimum absolute atomic E-state index is 0.0821. The number of amides is 1. The van der Waals surface area contributed by atoms with Crippen LogP contribution in [0, 0.1) is 5.92 Å². The molecule has 2 N–H and O–H groups in total. The molecule has 22 heavy (non-hydrogen) atoms. The number of methoxy groups -OCH3 is 1. The van der Waals surface area contributed by atoms with Gasteiger partial charge in [-0.05, 0) is 42.9 Å². The van der Waals surface area contributed by atoms with Crippen LogP contribution in [0.3, 0.4) is 0 Å². The summed E-state index contributed by atoms with van der Waals surface area (Å²) in [7, 11) is 1.68. The highest BCUT2D eigenvalue weighted by Crippen LogP contribution is 2.29. The Bertz CT molecular complexity index is 513. The van der Waals surface area contributed by atoms with Crippen LogP contribution >= 0.6 is 0 Å². The third-order valence-corrected chi connectivity index (χ3v) is 4.52. The normalized spacial score (nSPS) is 25.3. The van der Waals surface area contributed by atoms with E-state index in [1.165, 1.54) is 12.8 Å². The maximum absolute atomic E-state index is 11.6. The summed E-state index contributed by atoms with van der Waals surface area (Å²) in [6.07, 6.45) is 3.34. The lowest BCUT2D eigenvalue weighted by Gasteiger charge is -2.21. The Balaban J connectivity index is 1.57. The van der Waals surface area contributed by atoms with Gasteiger partial charge in [0.1, 0.15) is 5.75 Å². The minimum atomic E-state index is -0.274. The number of benzene rings is 1. The van der Waals surface area contributed by atoms with Gasteiger partial charge in [0.05, 0.1) is 18.8 Å². The van der Waals surface area contributed by atoms with Crippen LogP contribution in [0.25, 0.3) is 0 Å². The van der Waals surface area contributed by atoms with E-state index in [-0.39, 0.29) is 18.1 Å². The van der Waals surface area contributed by atoms with Crippen LogP contribution in [0.2, 0.25) is 0 Å². The van der Waals surface area contributed by atoms with E-state index < -0.39 is 0 Å². The Hall–Kier alpha value is -1.59. The molecule has 120 valence electrons. The molecule has 1 aromatic rings. The summed E-state index contributed by atoms with van der Waals surface area (Å²) in [6, 6.07) is 7.87. The molecule has 0 radical (unpaired) electrons. The van der Waals surface area contributed by atoms with Crippen LogP contribution in [-0.4, -0.2) is 43.2 Å².